The Hall–Kier alpha value is -5.65. The van der Waals surface area contributed by atoms with Crippen molar-refractivity contribution in [2.75, 3.05) is 32.1 Å². The number of fused-ring (bicyclic) bond motifs is 2. The minimum atomic E-state index is -4.68. The first-order valence-electron chi connectivity index (χ1n) is 19.0. The molecule has 300 valence electrons. The molecule has 1 saturated carbocycles. The number of likely N-dealkylation sites (tertiary alicyclic amines) is 1. The Morgan fingerprint density at radius 2 is 1.84 bits per heavy atom. The van der Waals surface area contributed by atoms with Crippen LogP contribution in [0.1, 0.15) is 84.7 Å². The highest BCUT2D eigenvalue weighted by atomic mass is 19.4. The molecule has 3 amide bonds. The molecule has 2 N–H and O–H groups in total. The van der Waals surface area contributed by atoms with Gasteiger partial charge in [-0.05, 0) is 81.3 Å². The van der Waals surface area contributed by atoms with Crippen molar-refractivity contribution in [2.45, 2.75) is 75.3 Å². The van der Waals surface area contributed by atoms with E-state index in [0.29, 0.717) is 46.7 Å². The van der Waals surface area contributed by atoms with Gasteiger partial charge in [0, 0.05) is 49.6 Å². The first-order chi connectivity index (χ1) is 27.3. The van der Waals surface area contributed by atoms with E-state index < -0.39 is 47.5 Å². The molecule has 3 fully saturated rings. The van der Waals surface area contributed by atoms with Gasteiger partial charge in [-0.1, -0.05) is 6.07 Å². The van der Waals surface area contributed by atoms with Crippen molar-refractivity contribution in [3.63, 3.8) is 0 Å². The summed E-state index contributed by atoms with van der Waals surface area (Å²) in [7, 11) is 3.13. The minimum absolute atomic E-state index is 0.119. The second-order valence-electron chi connectivity index (χ2n) is 15.2. The van der Waals surface area contributed by atoms with Crippen molar-refractivity contribution in [2.24, 2.45) is 13.0 Å². The molecule has 3 unspecified atom stereocenters. The monoisotopic (exact) mass is 791 g/mol. The Bertz CT molecular complexity index is 2430. The third-order valence-corrected chi connectivity index (χ3v) is 11.6. The lowest BCUT2D eigenvalue weighted by atomic mass is 9.83. The highest BCUT2D eigenvalue weighted by molar-refractivity contribution is 6.03. The van der Waals surface area contributed by atoms with E-state index in [4.69, 9.17) is 9.84 Å². The van der Waals surface area contributed by atoms with Gasteiger partial charge < -0.3 is 15.0 Å². The molecule has 6 heterocycles. The van der Waals surface area contributed by atoms with Crippen molar-refractivity contribution < 1.29 is 36.7 Å². The van der Waals surface area contributed by atoms with Crippen molar-refractivity contribution in [1.82, 2.24) is 39.1 Å². The molecule has 57 heavy (non-hydrogen) atoms. The van der Waals surface area contributed by atoms with Crippen LogP contribution in [0.5, 0.6) is 5.75 Å². The van der Waals surface area contributed by atoms with E-state index in [1.807, 2.05) is 10.9 Å². The summed E-state index contributed by atoms with van der Waals surface area (Å²) in [5, 5.41) is 10.3. The number of alkyl halides is 4. The number of halogens is 4. The average molecular weight is 792 g/mol. The van der Waals surface area contributed by atoms with Crippen LogP contribution in [0, 0.1) is 5.92 Å². The third kappa shape index (κ3) is 7.37. The summed E-state index contributed by atoms with van der Waals surface area (Å²) in [6, 6.07) is 7.46. The Kier molecular flexibility index (Phi) is 10.1. The van der Waals surface area contributed by atoms with Crippen LogP contribution in [-0.4, -0.2) is 84.4 Å². The standard InChI is InChI=1S/C39H41F4N9O5/c1-49-35-28(52(38(49)56)29-11-13-33(53)47-37(29)55)10-12-30(57-2)34(35)24-14-15-50(20-25(24)40)18-21-6-8-23(9-7-21)51-19-22-16-32(44-17-27(22)48-51)46-36(54)26-4-3-5-31(45-26)39(41,42)43/h3-5,10,12,16-17,19,21,23-25,29H,6-9,11,13-15,18,20H2,1-2H3,(H,46,54)(H,47,53,55)/t21-,23-,24?,25?,29?. The number of hydrogen-bond donors (Lipinski definition) is 2. The number of carbonyl (C=O) groups is 3. The fourth-order valence-corrected chi connectivity index (χ4v) is 8.77. The summed E-state index contributed by atoms with van der Waals surface area (Å²) < 4.78 is 66.0. The molecule has 0 bridgehead atoms. The van der Waals surface area contributed by atoms with Gasteiger partial charge >= 0.3 is 11.9 Å². The molecule has 1 aromatic carbocycles. The molecule has 3 aliphatic rings. The van der Waals surface area contributed by atoms with Crippen LogP contribution in [0.15, 0.2) is 53.6 Å². The number of nitrogens with one attached hydrogen (secondary N) is 2. The van der Waals surface area contributed by atoms with E-state index in [1.165, 1.54) is 28.5 Å². The number of amides is 3. The van der Waals surface area contributed by atoms with Crippen molar-refractivity contribution >= 4 is 45.5 Å². The maximum Gasteiger partial charge on any atom is 0.433 e. The molecule has 3 atom stereocenters. The quantitative estimate of drug-likeness (QED) is 0.157. The zero-order valence-corrected chi connectivity index (χ0v) is 31.3. The Labute approximate surface area is 323 Å². The second kappa shape index (κ2) is 15.0. The lowest BCUT2D eigenvalue weighted by Crippen LogP contribution is -2.44. The summed E-state index contributed by atoms with van der Waals surface area (Å²) in [4.78, 5) is 60.6. The number of carbonyl (C=O) groups excluding carboxylic acids is 3. The van der Waals surface area contributed by atoms with Gasteiger partial charge in [-0.3, -0.25) is 33.5 Å². The summed E-state index contributed by atoms with van der Waals surface area (Å²) in [6.45, 7) is 1.64. The van der Waals surface area contributed by atoms with Crippen LogP contribution in [0.25, 0.3) is 21.9 Å². The molecule has 2 saturated heterocycles. The first kappa shape index (κ1) is 38.2. The second-order valence-corrected chi connectivity index (χ2v) is 15.2. The average Bonchev–Trinajstić information content (AvgIpc) is 3.72. The normalized spacial score (nSPS) is 23.5. The Morgan fingerprint density at radius 3 is 2.56 bits per heavy atom. The predicted octanol–water partition coefficient (Wildman–Crippen LogP) is 5.30. The molecule has 0 radical (unpaired) electrons. The molecule has 5 aromatic rings. The van der Waals surface area contributed by atoms with Crippen LogP contribution in [0.3, 0.4) is 0 Å². The van der Waals surface area contributed by atoms with Crippen LogP contribution in [0.4, 0.5) is 23.4 Å². The molecular formula is C39H41F4N9O5. The number of aryl methyl sites for hydroxylation is 1. The Balaban J connectivity index is 0.894. The number of rotatable bonds is 8. The topological polar surface area (TPSA) is 158 Å². The number of imide groups is 1. The molecule has 0 spiro atoms. The number of aromatic nitrogens is 6. The number of nitrogens with zero attached hydrogens (tertiary/aromatic N) is 7. The number of piperidine rings is 2. The zero-order valence-electron chi connectivity index (χ0n) is 31.3. The van der Waals surface area contributed by atoms with Crippen molar-refractivity contribution in [3.05, 3.63) is 76.2 Å². The van der Waals surface area contributed by atoms with E-state index in [2.05, 4.69) is 25.5 Å². The predicted molar refractivity (Wildman–Crippen MR) is 200 cm³/mol. The van der Waals surface area contributed by atoms with Gasteiger partial charge in [-0.25, -0.2) is 19.2 Å². The van der Waals surface area contributed by atoms with E-state index in [-0.39, 0.29) is 42.8 Å². The van der Waals surface area contributed by atoms with E-state index in [9.17, 15) is 32.3 Å². The summed E-state index contributed by atoms with van der Waals surface area (Å²) in [5.74, 6) is -1.25. The lowest BCUT2D eigenvalue weighted by Gasteiger charge is -2.38. The first-order valence-corrected chi connectivity index (χ1v) is 19.0. The number of anilines is 1. The number of pyridine rings is 2. The van der Waals surface area contributed by atoms with E-state index >= 15 is 4.39 Å². The van der Waals surface area contributed by atoms with Gasteiger partial charge in [0.15, 0.2) is 0 Å². The minimum Gasteiger partial charge on any atom is -0.496 e. The summed E-state index contributed by atoms with van der Waals surface area (Å²) in [6.07, 6.45) is 1.88. The number of hydrogen-bond acceptors (Lipinski definition) is 9. The lowest BCUT2D eigenvalue weighted by molar-refractivity contribution is -0.141. The molecule has 8 rings (SSSR count). The molecular weight excluding hydrogens is 750 g/mol. The van der Waals surface area contributed by atoms with Crippen LogP contribution < -0.4 is 21.1 Å². The molecule has 18 heteroatoms. The van der Waals surface area contributed by atoms with Gasteiger partial charge in [0.1, 0.15) is 40.7 Å². The van der Waals surface area contributed by atoms with Gasteiger partial charge in [0.2, 0.25) is 11.8 Å². The van der Waals surface area contributed by atoms with Gasteiger partial charge in [-0.2, -0.15) is 18.3 Å². The Morgan fingerprint density at radius 1 is 1.05 bits per heavy atom. The SMILES string of the molecule is COc1ccc2c(c1C1CCN(C[C@H]3CC[C@H](n4cc5cc(NC(=O)c6cccc(C(F)(F)F)n6)ncc5n4)CC3)CC1F)n(C)c(=O)n2C1CCC(=O)NC1=O. The van der Waals surface area contributed by atoms with Crippen molar-refractivity contribution in [3.8, 4) is 5.75 Å². The number of ether oxygens (including phenoxy) is 1. The number of benzene rings is 1. The molecule has 2 aliphatic heterocycles. The van der Waals surface area contributed by atoms with E-state index in [0.717, 1.165) is 49.7 Å². The third-order valence-electron chi connectivity index (χ3n) is 11.6. The van der Waals surface area contributed by atoms with Crippen LogP contribution in [-0.2, 0) is 22.8 Å². The summed E-state index contributed by atoms with van der Waals surface area (Å²) >= 11 is 0. The smallest absolute Gasteiger partial charge is 0.433 e. The largest absolute Gasteiger partial charge is 0.496 e. The van der Waals surface area contributed by atoms with Crippen LogP contribution >= 0.6 is 0 Å². The van der Waals surface area contributed by atoms with Gasteiger partial charge in [0.05, 0.1) is 30.4 Å². The number of imidazole rings is 1. The molecule has 4 aromatic heterocycles. The fourth-order valence-electron chi connectivity index (χ4n) is 8.77. The zero-order chi connectivity index (χ0) is 40.2. The summed E-state index contributed by atoms with van der Waals surface area (Å²) in [5.41, 5.74) is 0.296. The fraction of sp³-hybridized carbons (Fsp3) is 0.462. The maximum absolute atomic E-state index is 16.3. The van der Waals surface area contributed by atoms with Crippen LogP contribution in [0.2, 0.25) is 0 Å². The highest BCUT2D eigenvalue weighted by Gasteiger charge is 2.38. The van der Waals surface area contributed by atoms with Gasteiger partial charge in [-0.15, -0.1) is 0 Å². The molecule has 14 nitrogen and oxygen atoms in total. The van der Waals surface area contributed by atoms with E-state index in [1.54, 1.807) is 25.2 Å². The van der Waals surface area contributed by atoms with Crippen molar-refractivity contribution in [1.29, 1.82) is 0 Å². The van der Waals surface area contributed by atoms with Gasteiger partial charge in [0.25, 0.3) is 5.91 Å². The highest BCUT2D eigenvalue weighted by Crippen LogP contribution is 2.42. The maximum atomic E-state index is 16.3. The number of methoxy groups -OCH3 is 1. The molecule has 1 aliphatic carbocycles.